The summed E-state index contributed by atoms with van der Waals surface area (Å²) in [4.78, 5) is 49.9. The molecule has 4 rings (SSSR count). The second-order valence-corrected chi connectivity index (χ2v) is 8.24. The number of aromatic nitrogens is 2. The second kappa shape index (κ2) is 17.2. The van der Waals surface area contributed by atoms with Gasteiger partial charge in [0.25, 0.3) is 11.4 Å². The van der Waals surface area contributed by atoms with Crippen LogP contribution in [0.25, 0.3) is 0 Å². The van der Waals surface area contributed by atoms with Gasteiger partial charge in [-0.15, -0.1) is 0 Å². The van der Waals surface area contributed by atoms with Gasteiger partial charge in [-0.2, -0.15) is 0 Å². The number of nitro groups is 2. The van der Waals surface area contributed by atoms with Crippen LogP contribution in [-0.2, 0) is 9.47 Å². The van der Waals surface area contributed by atoms with Gasteiger partial charge in [-0.25, -0.2) is 19.6 Å². The average Bonchev–Trinajstić information content (AvgIpc) is 2.99. The number of benzene rings is 2. The molecule has 2 aromatic carbocycles. The number of pyridine rings is 2. The first-order valence-electron chi connectivity index (χ1n) is 12.3. The average molecular weight is 613 g/mol. The molecule has 0 amide bonds. The van der Waals surface area contributed by atoms with Crippen molar-refractivity contribution in [3.05, 3.63) is 122 Å². The van der Waals surface area contributed by atoms with Crippen molar-refractivity contribution in [1.82, 2.24) is 9.97 Å². The maximum atomic E-state index is 11.6. The van der Waals surface area contributed by atoms with E-state index < -0.39 is 21.8 Å². The summed E-state index contributed by atoms with van der Waals surface area (Å²) in [7, 11) is 0. The number of phenols is 1. The molecule has 0 aliphatic carbocycles. The molecule has 0 saturated carbocycles. The number of halogens is 1. The lowest BCUT2D eigenvalue weighted by Crippen LogP contribution is -2.06. The monoisotopic (exact) mass is 612 g/mol. The molecule has 1 N–H and O–H groups in total. The van der Waals surface area contributed by atoms with Crippen LogP contribution in [0.3, 0.4) is 0 Å². The Hall–Kier alpha value is -5.63. The number of phenolic OH excluding ortho intramolecular Hbond substituents is 1. The van der Waals surface area contributed by atoms with Gasteiger partial charge < -0.3 is 19.3 Å². The fraction of sp³-hybridized carbons (Fsp3) is 0.143. The van der Waals surface area contributed by atoms with E-state index >= 15 is 0 Å². The molecule has 0 aliphatic heterocycles. The number of aromatic hydroxyl groups is 1. The molecule has 0 aliphatic rings. The summed E-state index contributed by atoms with van der Waals surface area (Å²) in [6.45, 7) is 4.04. The fourth-order valence-corrected chi connectivity index (χ4v) is 3.02. The van der Waals surface area contributed by atoms with Gasteiger partial charge in [-0.1, -0.05) is 11.6 Å². The van der Waals surface area contributed by atoms with E-state index in [0.717, 1.165) is 0 Å². The molecular formula is C28H25ClN4O10. The highest BCUT2D eigenvalue weighted by Gasteiger charge is 2.11. The Morgan fingerprint density at radius 1 is 0.744 bits per heavy atom. The molecule has 0 radical (unpaired) electrons. The molecule has 4 aromatic rings. The molecule has 2 heterocycles. The number of nitro benzene ring substituents is 2. The maximum absolute atomic E-state index is 11.6. The van der Waals surface area contributed by atoms with E-state index in [1.54, 1.807) is 26.0 Å². The molecule has 224 valence electrons. The molecule has 2 aromatic heterocycles. The summed E-state index contributed by atoms with van der Waals surface area (Å²) in [6, 6.07) is 16.8. The number of carbonyl (C=O) groups excluding carboxylic acids is 2. The van der Waals surface area contributed by atoms with Crippen molar-refractivity contribution in [2.45, 2.75) is 13.8 Å². The predicted molar refractivity (Wildman–Crippen MR) is 153 cm³/mol. The van der Waals surface area contributed by atoms with Crippen molar-refractivity contribution >= 4 is 34.9 Å². The number of rotatable bonds is 8. The minimum Gasteiger partial charge on any atom is -0.508 e. The van der Waals surface area contributed by atoms with E-state index in [1.807, 2.05) is 0 Å². The van der Waals surface area contributed by atoms with Crippen LogP contribution in [-0.4, -0.2) is 50.1 Å². The normalized spacial score (nSPS) is 9.65. The second-order valence-electron chi connectivity index (χ2n) is 7.80. The third kappa shape index (κ3) is 11.8. The minimum absolute atomic E-state index is 0.0159. The zero-order valence-electron chi connectivity index (χ0n) is 22.8. The summed E-state index contributed by atoms with van der Waals surface area (Å²) < 4.78 is 15.1. The molecule has 0 saturated heterocycles. The summed E-state index contributed by atoms with van der Waals surface area (Å²) >= 11 is 5.64. The predicted octanol–water partition coefficient (Wildman–Crippen LogP) is 6.17. The molecule has 43 heavy (non-hydrogen) atoms. The molecule has 0 bridgehead atoms. The number of hydrogen-bond acceptors (Lipinski definition) is 12. The zero-order chi connectivity index (χ0) is 31.8. The Morgan fingerprint density at radius 3 is 1.67 bits per heavy atom. The van der Waals surface area contributed by atoms with Crippen molar-refractivity contribution < 1.29 is 38.8 Å². The van der Waals surface area contributed by atoms with Gasteiger partial charge in [0.2, 0.25) is 0 Å². The third-order valence-electron chi connectivity index (χ3n) is 4.77. The summed E-state index contributed by atoms with van der Waals surface area (Å²) in [5.41, 5.74) is 0.336. The smallest absolute Gasteiger partial charge is 0.357 e. The summed E-state index contributed by atoms with van der Waals surface area (Å²) in [6.07, 6.45) is 2.89. The largest absolute Gasteiger partial charge is 0.508 e. The molecule has 15 heteroatoms. The van der Waals surface area contributed by atoms with E-state index in [4.69, 9.17) is 30.9 Å². The van der Waals surface area contributed by atoms with Crippen molar-refractivity contribution in [1.29, 1.82) is 0 Å². The lowest BCUT2D eigenvalue weighted by molar-refractivity contribution is -0.385. The van der Waals surface area contributed by atoms with Crippen LogP contribution < -0.4 is 4.74 Å². The van der Waals surface area contributed by atoms with Crippen molar-refractivity contribution in [3.8, 4) is 17.2 Å². The highest BCUT2D eigenvalue weighted by molar-refractivity contribution is 6.30. The van der Waals surface area contributed by atoms with Gasteiger partial charge in [0.1, 0.15) is 22.9 Å². The number of ether oxygens (including phenoxy) is 3. The fourth-order valence-electron chi connectivity index (χ4n) is 2.86. The first kappa shape index (κ1) is 33.6. The van der Waals surface area contributed by atoms with Gasteiger partial charge in [-0.3, -0.25) is 20.2 Å². The van der Waals surface area contributed by atoms with E-state index in [-0.39, 0.29) is 35.1 Å². The summed E-state index contributed by atoms with van der Waals surface area (Å²) in [5, 5.41) is 29.8. The lowest BCUT2D eigenvalue weighted by Gasteiger charge is -2.06. The number of esters is 2. The summed E-state index contributed by atoms with van der Waals surface area (Å²) in [5.74, 6) is -0.138. The minimum atomic E-state index is -0.536. The third-order valence-corrected chi connectivity index (χ3v) is 5.00. The Kier molecular flexibility index (Phi) is 13.5. The van der Waals surface area contributed by atoms with Crippen molar-refractivity contribution in [2.24, 2.45) is 0 Å². The van der Waals surface area contributed by atoms with Crippen LogP contribution >= 0.6 is 11.6 Å². The first-order valence-corrected chi connectivity index (χ1v) is 12.7. The SMILES string of the molecule is CCOC(=O)c1cc(Cl)ccn1.CCOC(=O)c1cc(Oc2ccc([N+](=O)[O-])cc2)ccn1.O=[N+]([O-])c1ccc(O)cc1. The zero-order valence-corrected chi connectivity index (χ0v) is 23.5. The Balaban J connectivity index is 0.000000248. The van der Waals surface area contributed by atoms with Crippen LogP contribution in [0.4, 0.5) is 11.4 Å². The van der Waals surface area contributed by atoms with Crippen LogP contribution in [0.15, 0.2) is 85.2 Å². The van der Waals surface area contributed by atoms with Gasteiger partial charge in [0, 0.05) is 47.7 Å². The van der Waals surface area contributed by atoms with Crippen molar-refractivity contribution in [3.63, 3.8) is 0 Å². The molecule has 14 nitrogen and oxygen atoms in total. The molecular weight excluding hydrogens is 588 g/mol. The molecule has 0 atom stereocenters. The Labute approximate surface area is 249 Å². The number of carbonyl (C=O) groups is 2. The first-order chi connectivity index (χ1) is 20.5. The van der Waals surface area contributed by atoms with Crippen LogP contribution in [0.5, 0.6) is 17.2 Å². The van der Waals surface area contributed by atoms with Crippen molar-refractivity contribution in [2.75, 3.05) is 13.2 Å². The Bertz CT molecular complexity index is 1530. The van der Waals surface area contributed by atoms with E-state index in [1.165, 1.54) is 73.1 Å². The topological polar surface area (TPSA) is 194 Å². The molecule has 0 fully saturated rings. The van der Waals surface area contributed by atoms with E-state index in [2.05, 4.69) is 9.97 Å². The van der Waals surface area contributed by atoms with Crippen LogP contribution in [0.2, 0.25) is 5.02 Å². The van der Waals surface area contributed by atoms with Gasteiger partial charge >= 0.3 is 11.9 Å². The quantitative estimate of drug-likeness (QED) is 0.135. The Morgan fingerprint density at radius 2 is 1.21 bits per heavy atom. The molecule has 0 spiro atoms. The van der Waals surface area contributed by atoms with Gasteiger partial charge in [0.05, 0.1) is 23.1 Å². The van der Waals surface area contributed by atoms with Crippen LogP contribution in [0.1, 0.15) is 34.8 Å². The molecule has 0 unspecified atom stereocenters. The number of non-ortho nitro benzene ring substituents is 2. The lowest BCUT2D eigenvalue weighted by atomic mass is 10.3. The van der Waals surface area contributed by atoms with E-state index in [9.17, 15) is 29.8 Å². The number of hydrogen-bond donors (Lipinski definition) is 1. The van der Waals surface area contributed by atoms with Gasteiger partial charge in [0.15, 0.2) is 5.69 Å². The van der Waals surface area contributed by atoms with E-state index in [0.29, 0.717) is 23.1 Å². The standard InChI is InChI=1S/C14H12N2O5.C8H8ClNO2.C6H5NO3/c1-2-20-14(17)13-9-12(7-8-15-13)21-11-5-3-10(4-6-11)16(18)19;1-2-12-8(11)7-5-6(9)3-4-10-7;8-6-3-1-5(2-4-6)7(9)10/h3-9H,2H2,1H3;3-5H,2H2,1H3;1-4,8H. The highest BCUT2D eigenvalue weighted by Crippen LogP contribution is 2.24. The highest BCUT2D eigenvalue weighted by atomic mass is 35.5. The van der Waals surface area contributed by atoms with Crippen LogP contribution in [0, 0.1) is 20.2 Å². The maximum Gasteiger partial charge on any atom is 0.357 e. The number of nitrogens with zero attached hydrogens (tertiary/aromatic N) is 4. The van der Waals surface area contributed by atoms with Gasteiger partial charge in [-0.05, 0) is 56.3 Å².